The van der Waals surface area contributed by atoms with Gasteiger partial charge in [0.2, 0.25) is 0 Å². The standard InChI is InChI=1S/C19H21ClN2O3/c1-3-9-22-18(21-15-8-6-5-7-13(15)19(22)24)12-10-14(20)17(23)16(11-12)25-4-2/h5-8,10-11,18,21,23H,3-4,9H2,1-2H3/t18-/m0/s1. The molecule has 0 unspecified atom stereocenters. The van der Waals surface area contributed by atoms with Crippen molar-refractivity contribution in [1.29, 1.82) is 0 Å². The van der Waals surface area contributed by atoms with Gasteiger partial charge in [-0.15, -0.1) is 0 Å². The van der Waals surface area contributed by atoms with E-state index >= 15 is 0 Å². The molecule has 3 rings (SSSR count). The van der Waals surface area contributed by atoms with Crippen LogP contribution in [0.3, 0.4) is 0 Å². The number of carbonyl (C=O) groups is 1. The molecular weight excluding hydrogens is 340 g/mol. The highest BCUT2D eigenvalue weighted by molar-refractivity contribution is 6.32. The van der Waals surface area contributed by atoms with Crippen molar-refractivity contribution in [3.05, 3.63) is 52.5 Å². The van der Waals surface area contributed by atoms with Crippen molar-refractivity contribution >= 4 is 23.2 Å². The number of amides is 1. The van der Waals surface area contributed by atoms with Crippen molar-refractivity contribution in [3.63, 3.8) is 0 Å². The molecule has 2 aromatic carbocycles. The zero-order valence-corrected chi connectivity index (χ0v) is 15.0. The van der Waals surface area contributed by atoms with E-state index in [4.69, 9.17) is 16.3 Å². The van der Waals surface area contributed by atoms with E-state index in [0.29, 0.717) is 24.5 Å². The molecule has 1 aliphatic rings. The minimum absolute atomic E-state index is 0.0247. The van der Waals surface area contributed by atoms with Crippen molar-refractivity contribution in [2.45, 2.75) is 26.4 Å². The molecule has 0 bridgehead atoms. The predicted octanol–water partition coefficient (Wildman–Crippen LogP) is 4.42. The first kappa shape index (κ1) is 17.4. The van der Waals surface area contributed by atoms with E-state index in [0.717, 1.165) is 17.7 Å². The Hall–Kier alpha value is -2.40. The highest BCUT2D eigenvalue weighted by Crippen LogP contribution is 2.40. The Morgan fingerprint density at radius 2 is 2.04 bits per heavy atom. The van der Waals surface area contributed by atoms with Crippen LogP contribution in [0.2, 0.25) is 5.02 Å². The number of halogens is 1. The average molecular weight is 361 g/mol. The Bertz CT molecular complexity index is 794. The summed E-state index contributed by atoms with van der Waals surface area (Å²) >= 11 is 6.17. The fourth-order valence-electron chi connectivity index (χ4n) is 3.04. The maximum atomic E-state index is 12.9. The molecule has 1 aliphatic heterocycles. The van der Waals surface area contributed by atoms with Gasteiger partial charge in [0.05, 0.1) is 17.2 Å². The van der Waals surface area contributed by atoms with Crippen LogP contribution in [0, 0.1) is 0 Å². The summed E-state index contributed by atoms with van der Waals surface area (Å²) in [5, 5.41) is 13.7. The van der Waals surface area contributed by atoms with E-state index in [9.17, 15) is 9.90 Å². The van der Waals surface area contributed by atoms with E-state index in [1.165, 1.54) is 0 Å². The van der Waals surface area contributed by atoms with Gasteiger partial charge in [0.1, 0.15) is 6.17 Å². The minimum Gasteiger partial charge on any atom is -0.503 e. The summed E-state index contributed by atoms with van der Waals surface area (Å²) in [6.07, 6.45) is 0.454. The van der Waals surface area contributed by atoms with Crippen molar-refractivity contribution in [2.75, 3.05) is 18.5 Å². The van der Waals surface area contributed by atoms with Gasteiger partial charge >= 0.3 is 0 Å². The summed E-state index contributed by atoms with van der Waals surface area (Å²) in [5.41, 5.74) is 2.21. The van der Waals surface area contributed by atoms with Gasteiger partial charge in [0.25, 0.3) is 5.91 Å². The second kappa shape index (κ2) is 7.23. The molecule has 1 amide bonds. The number of anilines is 1. The van der Waals surface area contributed by atoms with Gasteiger partial charge in [0, 0.05) is 17.8 Å². The van der Waals surface area contributed by atoms with Crippen LogP contribution in [0.1, 0.15) is 42.4 Å². The van der Waals surface area contributed by atoms with Crippen LogP contribution in [0.4, 0.5) is 5.69 Å². The number of ether oxygens (including phenoxy) is 1. The van der Waals surface area contributed by atoms with Crippen LogP contribution in [-0.2, 0) is 0 Å². The Morgan fingerprint density at radius 1 is 1.28 bits per heavy atom. The van der Waals surface area contributed by atoms with Crippen LogP contribution < -0.4 is 10.1 Å². The quantitative estimate of drug-likeness (QED) is 0.828. The molecule has 132 valence electrons. The third-order valence-corrected chi connectivity index (χ3v) is 4.44. The summed E-state index contributed by atoms with van der Waals surface area (Å²) in [6.45, 7) is 4.88. The Morgan fingerprint density at radius 3 is 2.76 bits per heavy atom. The number of rotatable bonds is 5. The van der Waals surface area contributed by atoms with Crippen LogP contribution in [0.15, 0.2) is 36.4 Å². The first-order valence-corrected chi connectivity index (χ1v) is 8.76. The fraction of sp³-hybridized carbons (Fsp3) is 0.316. The lowest BCUT2D eigenvalue weighted by Crippen LogP contribution is -2.43. The van der Waals surface area contributed by atoms with Crippen LogP contribution in [0.5, 0.6) is 11.5 Å². The average Bonchev–Trinajstić information content (AvgIpc) is 2.61. The van der Waals surface area contributed by atoms with Crippen molar-refractivity contribution in [1.82, 2.24) is 4.90 Å². The molecule has 0 fully saturated rings. The second-order valence-electron chi connectivity index (χ2n) is 5.87. The summed E-state index contributed by atoms with van der Waals surface area (Å²) in [6, 6.07) is 10.8. The highest BCUT2D eigenvalue weighted by Gasteiger charge is 2.33. The maximum absolute atomic E-state index is 12.9. The van der Waals surface area contributed by atoms with E-state index in [-0.39, 0.29) is 22.8 Å². The molecule has 0 radical (unpaired) electrons. The monoisotopic (exact) mass is 360 g/mol. The zero-order valence-electron chi connectivity index (χ0n) is 14.3. The van der Waals surface area contributed by atoms with Gasteiger partial charge in [-0.05, 0) is 37.6 Å². The molecule has 0 saturated heterocycles. The number of aromatic hydroxyl groups is 1. The van der Waals surface area contributed by atoms with Crippen LogP contribution in [-0.4, -0.2) is 29.1 Å². The number of fused-ring (bicyclic) bond motifs is 1. The lowest BCUT2D eigenvalue weighted by atomic mass is 10.0. The number of phenolic OH excluding ortho intramolecular Hbond substituents is 1. The lowest BCUT2D eigenvalue weighted by molar-refractivity contribution is 0.0683. The maximum Gasteiger partial charge on any atom is 0.257 e. The molecule has 1 atom stereocenters. The number of hydrogen-bond acceptors (Lipinski definition) is 4. The molecule has 2 aromatic rings. The third-order valence-electron chi connectivity index (χ3n) is 4.15. The number of hydrogen-bond donors (Lipinski definition) is 2. The largest absolute Gasteiger partial charge is 0.503 e. The fourth-order valence-corrected chi connectivity index (χ4v) is 3.26. The predicted molar refractivity (Wildman–Crippen MR) is 98.4 cm³/mol. The molecule has 2 N–H and O–H groups in total. The molecule has 0 aliphatic carbocycles. The number of benzene rings is 2. The van der Waals surface area contributed by atoms with E-state index < -0.39 is 0 Å². The van der Waals surface area contributed by atoms with Crippen molar-refractivity contribution < 1.29 is 14.6 Å². The normalized spacial score (nSPS) is 16.4. The van der Waals surface area contributed by atoms with Crippen molar-refractivity contribution in [3.8, 4) is 11.5 Å². The van der Waals surface area contributed by atoms with Crippen LogP contribution in [0.25, 0.3) is 0 Å². The Labute approximate surface area is 152 Å². The molecule has 0 spiro atoms. The third kappa shape index (κ3) is 3.24. The number of nitrogens with zero attached hydrogens (tertiary/aromatic N) is 1. The van der Waals surface area contributed by atoms with E-state index in [2.05, 4.69) is 5.32 Å². The summed E-state index contributed by atoms with van der Waals surface area (Å²) in [4.78, 5) is 14.7. The summed E-state index contributed by atoms with van der Waals surface area (Å²) < 4.78 is 5.47. The van der Waals surface area contributed by atoms with Gasteiger partial charge in [-0.25, -0.2) is 0 Å². The molecule has 25 heavy (non-hydrogen) atoms. The second-order valence-corrected chi connectivity index (χ2v) is 6.28. The Kier molecular flexibility index (Phi) is 5.04. The summed E-state index contributed by atoms with van der Waals surface area (Å²) in [5.74, 6) is 0.203. The van der Waals surface area contributed by atoms with Gasteiger partial charge in [-0.3, -0.25) is 4.79 Å². The highest BCUT2D eigenvalue weighted by atomic mass is 35.5. The number of para-hydroxylation sites is 1. The Balaban J connectivity index is 2.07. The van der Waals surface area contributed by atoms with Gasteiger partial charge in [0.15, 0.2) is 11.5 Å². The van der Waals surface area contributed by atoms with Crippen LogP contribution >= 0.6 is 11.6 Å². The first-order valence-electron chi connectivity index (χ1n) is 8.38. The molecular formula is C19H21ClN2O3. The smallest absolute Gasteiger partial charge is 0.257 e. The molecule has 0 saturated carbocycles. The van der Waals surface area contributed by atoms with Gasteiger partial charge < -0.3 is 20.1 Å². The zero-order chi connectivity index (χ0) is 18.0. The van der Waals surface area contributed by atoms with Crippen molar-refractivity contribution in [2.24, 2.45) is 0 Å². The minimum atomic E-state index is -0.375. The molecule has 1 heterocycles. The van der Waals surface area contributed by atoms with Gasteiger partial charge in [-0.1, -0.05) is 30.7 Å². The molecule has 6 heteroatoms. The first-order chi connectivity index (χ1) is 12.1. The van der Waals surface area contributed by atoms with E-state index in [1.807, 2.05) is 38.1 Å². The lowest BCUT2D eigenvalue weighted by Gasteiger charge is -2.38. The van der Waals surface area contributed by atoms with Gasteiger partial charge in [-0.2, -0.15) is 0 Å². The molecule has 5 nitrogen and oxygen atoms in total. The SMILES string of the molecule is CCCN1C(=O)c2ccccc2N[C@@H]1c1cc(Cl)c(O)c(OCC)c1. The number of phenols is 1. The number of nitrogens with one attached hydrogen (secondary N) is 1. The molecule has 0 aromatic heterocycles. The summed E-state index contributed by atoms with van der Waals surface area (Å²) in [7, 11) is 0. The number of carbonyl (C=O) groups excluding carboxylic acids is 1. The van der Waals surface area contributed by atoms with E-state index in [1.54, 1.807) is 17.0 Å². The topological polar surface area (TPSA) is 61.8 Å².